The van der Waals surface area contributed by atoms with E-state index in [1.54, 1.807) is 13.2 Å². The maximum atomic E-state index is 12.5. The topological polar surface area (TPSA) is 55.8 Å². The van der Waals surface area contributed by atoms with Gasteiger partial charge < -0.3 is 9.47 Å². The van der Waals surface area contributed by atoms with Crippen molar-refractivity contribution in [1.82, 2.24) is 4.90 Å². The molecule has 2 amide bonds. The fourth-order valence-corrected chi connectivity index (χ4v) is 3.33. The predicted molar refractivity (Wildman–Crippen MR) is 102 cm³/mol. The van der Waals surface area contributed by atoms with Crippen molar-refractivity contribution >= 4 is 29.0 Å². The average Bonchev–Trinajstić information content (AvgIpc) is 2.91. The van der Waals surface area contributed by atoms with Gasteiger partial charge in [-0.15, -0.1) is 0 Å². The van der Waals surface area contributed by atoms with Crippen LogP contribution in [0.5, 0.6) is 11.5 Å². The molecular weight excluding hydrogens is 350 g/mol. The average molecular weight is 369 g/mol. The van der Waals surface area contributed by atoms with E-state index in [0.29, 0.717) is 10.7 Å². The Morgan fingerprint density at radius 2 is 1.85 bits per heavy atom. The lowest BCUT2D eigenvalue weighted by Crippen LogP contribution is -2.32. The minimum absolute atomic E-state index is 0.216. The van der Waals surface area contributed by atoms with E-state index in [-0.39, 0.29) is 24.3 Å². The van der Waals surface area contributed by atoms with Gasteiger partial charge in [0.25, 0.3) is 11.1 Å². The van der Waals surface area contributed by atoms with Crippen molar-refractivity contribution in [3.63, 3.8) is 0 Å². The van der Waals surface area contributed by atoms with Crippen LogP contribution in [-0.4, -0.2) is 36.3 Å². The summed E-state index contributed by atoms with van der Waals surface area (Å²) in [6, 6.07) is 15.0. The van der Waals surface area contributed by atoms with Crippen LogP contribution in [0, 0.1) is 6.92 Å². The number of aryl methyl sites for hydroxylation is 1. The Balaban J connectivity index is 1.62. The van der Waals surface area contributed by atoms with Gasteiger partial charge in [0.1, 0.15) is 18.1 Å². The molecule has 0 atom stereocenters. The molecule has 0 radical (unpaired) electrons. The summed E-state index contributed by atoms with van der Waals surface area (Å²) in [4.78, 5) is 26.2. The summed E-state index contributed by atoms with van der Waals surface area (Å²) in [6.45, 7) is 2.47. The predicted octanol–water partition coefficient (Wildman–Crippen LogP) is 4.12. The van der Waals surface area contributed by atoms with Crippen molar-refractivity contribution in [2.24, 2.45) is 0 Å². The standard InChI is InChI=1S/C20H19NO4S/c1-14-6-8-16(9-7-14)25-11-10-21-19(22)18(26-20(21)23)13-15-4-3-5-17(12-15)24-2/h3-9,12-13H,10-11H2,1-2H3/b18-13-. The number of nitrogens with zero attached hydrogens (tertiary/aromatic N) is 1. The van der Waals surface area contributed by atoms with Crippen LogP contribution in [0.25, 0.3) is 6.08 Å². The van der Waals surface area contributed by atoms with Crippen LogP contribution in [0.3, 0.4) is 0 Å². The second-order valence-electron chi connectivity index (χ2n) is 5.77. The molecule has 2 aromatic carbocycles. The van der Waals surface area contributed by atoms with Crippen LogP contribution >= 0.6 is 11.8 Å². The van der Waals surface area contributed by atoms with E-state index < -0.39 is 0 Å². The normalized spacial score (nSPS) is 15.6. The molecule has 6 heteroatoms. The van der Waals surface area contributed by atoms with Gasteiger partial charge in [0.2, 0.25) is 0 Å². The van der Waals surface area contributed by atoms with Crippen LogP contribution in [-0.2, 0) is 4.79 Å². The zero-order chi connectivity index (χ0) is 18.5. The third kappa shape index (κ3) is 4.26. The van der Waals surface area contributed by atoms with E-state index in [9.17, 15) is 9.59 Å². The molecule has 26 heavy (non-hydrogen) atoms. The minimum Gasteiger partial charge on any atom is -0.497 e. The highest BCUT2D eigenvalue weighted by Crippen LogP contribution is 2.32. The molecule has 0 bridgehead atoms. The molecule has 0 spiro atoms. The number of amides is 2. The number of imide groups is 1. The van der Waals surface area contributed by atoms with Gasteiger partial charge in [-0.1, -0.05) is 29.8 Å². The zero-order valence-electron chi connectivity index (χ0n) is 14.6. The Morgan fingerprint density at radius 1 is 1.08 bits per heavy atom. The molecule has 1 saturated heterocycles. The Morgan fingerprint density at radius 3 is 2.58 bits per heavy atom. The number of hydrogen-bond donors (Lipinski definition) is 0. The van der Waals surface area contributed by atoms with Gasteiger partial charge in [-0.3, -0.25) is 14.5 Å². The summed E-state index contributed by atoms with van der Waals surface area (Å²) in [5.41, 5.74) is 1.96. The van der Waals surface area contributed by atoms with Gasteiger partial charge >= 0.3 is 0 Å². The number of rotatable bonds is 6. The van der Waals surface area contributed by atoms with Crippen molar-refractivity contribution in [2.75, 3.05) is 20.3 Å². The fourth-order valence-electron chi connectivity index (χ4n) is 2.46. The minimum atomic E-state index is -0.296. The molecular formula is C20H19NO4S. The van der Waals surface area contributed by atoms with E-state index in [1.807, 2.05) is 55.5 Å². The molecule has 1 heterocycles. The molecule has 1 fully saturated rings. The highest BCUT2D eigenvalue weighted by atomic mass is 32.2. The zero-order valence-corrected chi connectivity index (χ0v) is 15.4. The lowest BCUT2D eigenvalue weighted by molar-refractivity contribution is -0.123. The maximum absolute atomic E-state index is 12.5. The third-order valence-corrected chi connectivity index (χ3v) is 4.78. The van der Waals surface area contributed by atoms with Crippen LogP contribution < -0.4 is 9.47 Å². The van der Waals surface area contributed by atoms with Crippen molar-refractivity contribution in [1.29, 1.82) is 0 Å². The highest BCUT2D eigenvalue weighted by Gasteiger charge is 2.34. The molecule has 2 aromatic rings. The first-order valence-electron chi connectivity index (χ1n) is 8.16. The maximum Gasteiger partial charge on any atom is 0.293 e. The second kappa shape index (κ2) is 8.10. The number of carbonyl (C=O) groups is 2. The van der Waals surface area contributed by atoms with Crippen molar-refractivity contribution < 1.29 is 19.1 Å². The van der Waals surface area contributed by atoms with E-state index in [4.69, 9.17) is 9.47 Å². The number of hydrogen-bond acceptors (Lipinski definition) is 5. The van der Waals surface area contributed by atoms with Crippen molar-refractivity contribution in [3.8, 4) is 11.5 Å². The summed E-state index contributed by atoms with van der Waals surface area (Å²) in [5, 5.41) is -0.281. The van der Waals surface area contributed by atoms with Crippen LogP contribution in [0.15, 0.2) is 53.4 Å². The molecule has 5 nitrogen and oxygen atoms in total. The second-order valence-corrected chi connectivity index (χ2v) is 6.76. The van der Waals surface area contributed by atoms with E-state index in [2.05, 4.69) is 0 Å². The van der Waals surface area contributed by atoms with Gasteiger partial charge in [-0.25, -0.2) is 0 Å². The number of carbonyl (C=O) groups excluding carboxylic acids is 2. The molecule has 0 aromatic heterocycles. The first kappa shape index (κ1) is 18.1. The summed E-state index contributed by atoms with van der Waals surface area (Å²) in [6.07, 6.45) is 1.70. The lowest BCUT2D eigenvalue weighted by Gasteiger charge is -2.13. The van der Waals surface area contributed by atoms with E-state index >= 15 is 0 Å². The van der Waals surface area contributed by atoms with Crippen LogP contribution in [0.1, 0.15) is 11.1 Å². The monoisotopic (exact) mass is 369 g/mol. The molecule has 1 aliphatic rings. The number of benzene rings is 2. The SMILES string of the molecule is COc1cccc(/C=C2\SC(=O)N(CCOc3ccc(C)cc3)C2=O)c1. The summed E-state index contributed by atoms with van der Waals surface area (Å²) in [5.74, 6) is 1.12. The first-order valence-corrected chi connectivity index (χ1v) is 8.97. The number of methoxy groups -OCH3 is 1. The highest BCUT2D eigenvalue weighted by molar-refractivity contribution is 8.18. The lowest BCUT2D eigenvalue weighted by atomic mass is 10.2. The molecule has 3 rings (SSSR count). The van der Waals surface area contributed by atoms with Gasteiger partial charge in [-0.2, -0.15) is 0 Å². The molecule has 1 aliphatic heterocycles. The van der Waals surface area contributed by atoms with E-state index in [0.717, 1.165) is 28.6 Å². The summed E-state index contributed by atoms with van der Waals surface area (Å²) < 4.78 is 10.8. The Labute approximate surface area is 156 Å². The molecule has 0 unspecified atom stereocenters. The van der Waals surface area contributed by atoms with Crippen molar-refractivity contribution in [3.05, 3.63) is 64.6 Å². The molecule has 0 saturated carbocycles. The van der Waals surface area contributed by atoms with Crippen LogP contribution in [0.2, 0.25) is 0 Å². The summed E-state index contributed by atoms with van der Waals surface area (Å²) in [7, 11) is 1.58. The first-order chi connectivity index (χ1) is 12.6. The third-order valence-electron chi connectivity index (χ3n) is 3.87. The molecule has 0 N–H and O–H groups in total. The van der Waals surface area contributed by atoms with Gasteiger partial charge in [0.05, 0.1) is 18.6 Å². The largest absolute Gasteiger partial charge is 0.497 e. The van der Waals surface area contributed by atoms with Gasteiger partial charge in [0.15, 0.2) is 0 Å². The number of ether oxygens (including phenoxy) is 2. The fraction of sp³-hybridized carbons (Fsp3) is 0.200. The smallest absolute Gasteiger partial charge is 0.293 e. The molecule has 134 valence electrons. The Kier molecular flexibility index (Phi) is 5.63. The Hall–Kier alpha value is -2.73. The van der Waals surface area contributed by atoms with Crippen molar-refractivity contribution in [2.45, 2.75) is 6.92 Å². The summed E-state index contributed by atoms with van der Waals surface area (Å²) >= 11 is 0.940. The quantitative estimate of drug-likeness (QED) is 0.717. The van der Waals surface area contributed by atoms with E-state index in [1.165, 1.54) is 4.90 Å². The number of thioether (sulfide) groups is 1. The van der Waals surface area contributed by atoms with Gasteiger partial charge in [-0.05, 0) is 54.6 Å². The van der Waals surface area contributed by atoms with Gasteiger partial charge in [0, 0.05) is 0 Å². The molecule has 0 aliphatic carbocycles. The Bertz CT molecular complexity index is 845. The van der Waals surface area contributed by atoms with Crippen LogP contribution in [0.4, 0.5) is 4.79 Å².